The standard InChI is InChI=1S/C16H23N5O3S/c1-3-10(4-2)12-19-20-14(25-12)17-11(22)9-21-13(23)16(18-15(21)24)7-5-6-8-16/h10H,3-9H2,1-2H3,(H,18,24)(H,17,20,22). The summed E-state index contributed by atoms with van der Waals surface area (Å²) in [5.74, 6) is -0.401. The first kappa shape index (κ1) is 17.8. The molecule has 3 rings (SSSR count). The molecule has 1 aliphatic heterocycles. The maximum atomic E-state index is 12.5. The van der Waals surface area contributed by atoms with Crippen molar-refractivity contribution in [1.82, 2.24) is 20.4 Å². The van der Waals surface area contributed by atoms with Gasteiger partial charge in [0.15, 0.2) is 0 Å². The van der Waals surface area contributed by atoms with E-state index in [-0.39, 0.29) is 12.5 Å². The predicted molar refractivity (Wildman–Crippen MR) is 93.3 cm³/mol. The van der Waals surface area contributed by atoms with Crippen LogP contribution in [0.25, 0.3) is 0 Å². The number of nitrogens with zero attached hydrogens (tertiary/aromatic N) is 3. The average Bonchev–Trinajstić information content (AvgIpc) is 3.28. The van der Waals surface area contributed by atoms with E-state index in [2.05, 4.69) is 34.7 Å². The smallest absolute Gasteiger partial charge is 0.323 e. The molecule has 1 aromatic rings. The highest BCUT2D eigenvalue weighted by molar-refractivity contribution is 7.15. The highest BCUT2D eigenvalue weighted by Crippen LogP contribution is 2.35. The Kier molecular flexibility index (Phi) is 5.03. The Morgan fingerprint density at radius 1 is 1.28 bits per heavy atom. The van der Waals surface area contributed by atoms with Gasteiger partial charge in [-0.1, -0.05) is 38.0 Å². The zero-order valence-electron chi connectivity index (χ0n) is 14.5. The Bertz CT molecular complexity index is 679. The first-order chi connectivity index (χ1) is 12.0. The van der Waals surface area contributed by atoms with Gasteiger partial charge in [0.1, 0.15) is 17.1 Å². The molecule has 9 heteroatoms. The van der Waals surface area contributed by atoms with Crippen molar-refractivity contribution in [3.05, 3.63) is 5.01 Å². The third-order valence-corrected chi connectivity index (χ3v) is 6.03. The molecule has 8 nitrogen and oxygen atoms in total. The van der Waals surface area contributed by atoms with E-state index < -0.39 is 17.5 Å². The molecule has 4 amide bonds. The molecule has 1 aliphatic carbocycles. The summed E-state index contributed by atoms with van der Waals surface area (Å²) in [6.45, 7) is 3.88. The van der Waals surface area contributed by atoms with Crippen molar-refractivity contribution in [1.29, 1.82) is 0 Å². The highest BCUT2D eigenvalue weighted by atomic mass is 32.1. The summed E-state index contributed by atoms with van der Waals surface area (Å²) in [6.07, 6.45) is 5.04. The maximum Gasteiger partial charge on any atom is 0.325 e. The van der Waals surface area contributed by atoms with Crippen molar-refractivity contribution in [3.63, 3.8) is 0 Å². The molecule has 0 bridgehead atoms. The molecule has 1 saturated heterocycles. The normalized spacial score (nSPS) is 19.1. The van der Waals surface area contributed by atoms with E-state index in [4.69, 9.17) is 0 Å². The summed E-state index contributed by atoms with van der Waals surface area (Å²) in [5, 5.41) is 14.8. The molecule has 0 radical (unpaired) electrons. The number of aromatic nitrogens is 2. The molecule has 0 atom stereocenters. The lowest BCUT2D eigenvalue weighted by molar-refractivity contribution is -0.133. The average molecular weight is 365 g/mol. The van der Waals surface area contributed by atoms with Crippen molar-refractivity contribution in [2.75, 3.05) is 11.9 Å². The van der Waals surface area contributed by atoms with Crippen molar-refractivity contribution in [2.24, 2.45) is 0 Å². The first-order valence-electron chi connectivity index (χ1n) is 8.76. The molecule has 2 heterocycles. The molecule has 1 saturated carbocycles. The van der Waals surface area contributed by atoms with E-state index in [9.17, 15) is 14.4 Å². The molecule has 1 aromatic heterocycles. The fourth-order valence-electron chi connectivity index (χ4n) is 3.53. The minimum Gasteiger partial charge on any atom is -0.323 e. The van der Waals surface area contributed by atoms with Crippen LogP contribution in [0, 0.1) is 0 Å². The van der Waals surface area contributed by atoms with Crippen LogP contribution in [0.5, 0.6) is 0 Å². The Hall–Kier alpha value is -2.03. The van der Waals surface area contributed by atoms with E-state index in [1.54, 1.807) is 0 Å². The van der Waals surface area contributed by atoms with Gasteiger partial charge in [0, 0.05) is 5.92 Å². The zero-order valence-corrected chi connectivity index (χ0v) is 15.3. The number of nitrogens with one attached hydrogen (secondary N) is 2. The summed E-state index contributed by atoms with van der Waals surface area (Å²) in [7, 11) is 0. The number of rotatable bonds is 6. The minimum absolute atomic E-state index is 0.292. The van der Waals surface area contributed by atoms with Gasteiger partial charge in [-0.3, -0.25) is 19.8 Å². The van der Waals surface area contributed by atoms with E-state index in [0.717, 1.165) is 35.6 Å². The lowest BCUT2D eigenvalue weighted by Gasteiger charge is -2.19. The molecule has 0 aromatic carbocycles. The Morgan fingerprint density at radius 2 is 1.96 bits per heavy atom. The molecule has 25 heavy (non-hydrogen) atoms. The van der Waals surface area contributed by atoms with Crippen LogP contribution < -0.4 is 10.6 Å². The highest BCUT2D eigenvalue weighted by Gasteiger charge is 2.52. The zero-order chi connectivity index (χ0) is 18.0. The summed E-state index contributed by atoms with van der Waals surface area (Å²) in [5.41, 5.74) is -0.789. The van der Waals surface area contributed by atoms with Crippen LogP contribution in [0.15, 0.2) is 0 Å². The van der Waals surface area contributed by atoms with Crippen LogP contribution in [0.4, 0.5) is 9.93 Å². The second-order valence-corrected chi connectivity index (χ2v) is 7.63. The van der Waals surface area contributed by atoms with Crippen LogP contribution in [0.1, 0.15) is 63.3 Å². The molecule has 2 aliphatic rings. The number of anilines is 1. The van der Waals surface area contributed by atoms with E-state index in [1.165, 1.54) is 11.3 Å². The van der Waals surface area contributed by atoms with E-state index in [0.29, 0.717) is 23.9 Å². The SMILES string of the molecule is CCC(CC)c1nnc(NC(=O)CN2C(=O)NC3(CCCC3)C2=O)s1. The lowest BCUT2D eigenvalue weighted by Crippen LogP contribution is -2.44. The number of imide groups is 1. The van der Waals surface area contributed by atoms with Gasteiger partial charge < -0.3 is 5.32 Å². The van der Waals surface area contributed by atoms with Gasteiger partial charge in [0.25, 0.3) is 5.91 Å². The number of hydrogen-bond donors (Lipinski definition) is 2. The fourth-order valence-corrected chi connectivity index (χ4v) is 4.55. The Morgan fingerprint density at radius 3 is 2.60 bits per heavy atom. The quantitative estimate of drug-likeness (QED) is 0.752. The number of amides is 4. The molecular formula is C16H23N5O3S. The van der Waals surface area contributed by atoms with Crippen molar-refractivity contribution in [3.8, 4) is 0 Å². The minimum atomic E-state index is -0.789. The molecule has 1 spiro atoms. The number of hydrogen-bond acceptors (Lipinski definition) is 6. The number of carbonyl (C=O) groups excluding carboxylic acids is 3. The topological polar surface area (TPSA) is 104 Å². The van der Waals surface area contributed by atoms with Gasteiger partial charge in [0.2, 0.25) is 11.0 Å². The molecular weight excluding hydrogens is 342 g/mol. The van der Waals surface area contributed by atoms with Crippen molar-refractivity contribution < 1.29 is 14.4 Å². The fraction of sp³-hybridized carbons (Fsp3) is 0.688. The molecule has 136 valence electrons. The van der Waals surface area contributed by atoms with Crippen molar-refractivity contribution >= 4 is 34.3 Å². The second kappa shape index (κ2) is 7.07. The first-order valence-corrected chi connectivity index (χ1v) is 9.58. The predicted octanol–water partition coefficient (Wildman–Crippen LogP) is 2.24. The van der Waals surface area contributed by atoms with Gasteiger partial charge in [-0.25, -0.2) is 4.79 Å². The van der Waals surface area contributed by atoms with Gasteiger partial charge in [0.05, 0.1) is 0 Å². The Balaban J connectivity index is 1.61. The van der Waals surface area contributed by atoms with Crippen LogP contribution in [0.3, 0.4) is 0 Å². The van der Waals surface area contributed by atoms with Gasteiger partial charge in [-0.05, 0) is 25.7 Å². The third kappa shape index (κ3) is 3.37. The van der Waals surface area contributed by atoms with Crippen LogP contribution in [-0.2, 0) is 9.59 Å². The van der Waals surface area contributed by atoms with Gasteiger partial charge in [-0.2, -0.15) is 0 Å². The lowest BCUT2D eigenvalue weighted by atomic mass is 9.98. The molecule has 0 unspecified atom stereocenters. The Labute approximate surface area is 150 Å². The number of carbonyl (C=O) groups is 3. The van der Waals surface area contributed by atoms with Gasteiger partial charge >= 0.3 is 6.03 Å². The van der Waals surface area contributed by atoms with Crippen LogP contribution in [-0.4, -0.2) is 45.0 Å². The third-order valence-electron chi connectivity index (χ3n) is 5.03. The summed E-state index contributed by atoms with van der Waals surface area (Å²) < 4.78 is 0. The second-order valence-electron chi connectivity index (χ2n) is 6.62. The molecule has 2 N–H and O–H groups in total. The summed E-state index contributed by atoms with van der Waals surface area (Å²) in [6, 6.07) is -0.489. The summed E-state index contributed by atoms with van der Waals surface area (Å²) in [4.78, 5) is 37.9. The number of urea groups is 1. The van der Waals surface area contributed by atoms with Crippen molar-refractivity contribution in [2.45, 2.75) is 63.8 Å². The van der Waals surface area contributed by atoms with Crippen LogP contribution >= 0.6 is 11.3 Å². The van der Waals surface area contributed by atoms with E-state index >= 15 is 0 Å². The van der Waals surface area contributed by atoms with Crippen LogP contribution in [0.2, 0.25) is 0 Å². The van der Waals surface area contributed by atoms with Gasteiger partial charge in [-0.15, -0.1) is 10.2 Å². The van der Waals surface area contributed by atoms with E-state index in [1.807, 2.05) is 0 Å². The largest absolute Gasteiger partial charge is 0.325 e. The maximum absolute atomic E-state index is 12.5. The summed E-state index contributed by atoms with van der Waals surface area (Å²) >= 11 is 1.34. The molecule has 2 fully saturated rings. The monoisotopic (exact) mass is 365 g/mol.